The molecule has 3 heterocycles. The van der Waals surface area contributed by atoms with Crippen LogP contribution >= 0.6 is 22.9 Å². The van der Waals surface area contributed by atoms with Crippen molar-refractivity contribution in [1.29, 1.82) is 0 Å². The molecule has 0 bridgehead atoms. The van der Waals surface area contributed by atoms with Crippen molar-refractivity contribution in [2.45, 2.75) is 43.7 Å². The van der Waals surface area contributed by atoms with Gasteiger partial charge in [-0.15, -0.1) is 11.3 Å². The summed E-state index contributed by atoms with van der Waals surface area (Å²) >= 11 is 7.77. The lowest BCUT2D eigenvalue weighted by Crippen LogP contribution is -2.51. The van der Waals surface area contributed by atoms with E-state index in [-0.39, 0.29) is 11.3 Å². The van der Waals surface area contributed by atoms with E-state index in [1.807, 2.05) is 59.2 Å². The molecular formula is C23H27ClN4OS. The van der Waals surface area contributed by atoms with Crippen LogP contribution in [0.2, 0.25) is 5.02 Å². The first kappa shape index (κ1) is 21.1. The van der Waals surface area contributed by atoms with E-state index in [0.29, 0.717) is 11.4 Å². The van der Waals surface area contributed by atoms with Gasteiger partial charge in [-0.05, 0) is 54.8 Å². The molecule has 1 saturated heterocycles. The van der Waals surface area contributed by atoms with Gasteiger partial charge < -0.3 is 15.2 Å². The molecule has 0 radical (unpaired) electrons. The van der Waals surface area contributed by atoms with Crippen LogP contribution in [0.5, 0.6) is 0 Å². The molecule has 0 aliphatic carbocycles. The zero-order valence-corrected chi connectivity index (χ0v) is 18.5. The number of imidazole rings is 1. The molecule has 7 heteroatoms. The molecule has 5 nitrogen and oxygen atoms in total. The largest absolute Gasteiger partial charge is 0.341 e. The summed E-state index contributed by atoms with van der Waals surface area (Å²) in [5, 5.41) is 2.84. The molecule has 0 spiro atoms. The van der Waals surface area contributed by atoms with Crippen LogP contribution < -0.4 is 5.73 Å². The molecule has 158 valence electrons. The lowest BCUT2D eigenvalue weighted by atomic mass is 9.74. The number of rotatable bonds is 7. The summed E-state index contributed by atoms with van der Waals surface area (Å²) < 4.78 is 2.13. The Kier molecular flexibility index (Phi) is 6.56. The number of thiophene rings is 1. The minimum Gasteiger partial charge on any atom is -0.341 e. The molecule has 3 aromatic rings. The van der Waals surface area contributed by atoms with E-state index >= 15 is 0 Å². The predicted octanol–water partition coefficient (Wildman–Crippen LogP) is 4.12. The topological polar surface area (TPSA) is 64.2 Å². The Hall–Kier alpha value is -2.15. The third-order valence-electron chi connectivity index (χ3n) is 6.17. The molecule has 1 amide bonds. The summed E-state index contributed by atoms with van der Waals surface area (Å²) in [6.07, 6.45) is 9.20. The average Bonchev–Trinajstić information content (AvgIpc) is 3.48. The average molecular weight is 443 g/mol. The van der Waals surface area contributed by atoms with Crippen LogP contribution in [0, 0.1) is 0 Å². The Labute approximate surface area is 186 Å². The van der Waals surface area contributed by atoms with Crippen molar-refractivity contribution >= 4 is 28.8 Å². The number of halogens is 1. The number of hydrogen-bond donors (Lipinski definition) is 1. The highest BCUT2D eigenvalue weighted by Crippen LogP contribution is 2.41. The number of piperidine rings is 1. The first-order chi connectivity index (χ1) is 14.6. The molecule has 1 atom stereocenters. The van der Waals surface area contributed by atoms with Crippen LogP contribution in [0.4, 0.5) is 0 Å². The van der Waals surface area contributed by atoms with Crippen molar-refractivity contribution < 1.29 is 4.79 Å². The monoisotopic (exact) mass is 442 g/mol. The number of carbonyl (C=O) groups excluding carboxylic acids is 1. The van der Waals surface area contributed by atoms with E-state index < -0.39 is 6.04 Å². The molecule has 30 heavy (non-hydrogen) atoms. The van der Waals surface area contributed by atoms with Crippen molar-refractivity contribution in [1.82, 2.24) is 14.5 Å². The van der Waals surface area contributed by atoms with Gasteiger partial charge in [0.25, 0.3) is 0 Å². The van der Waals surface area contributed by atoms with Crippen molar-refractivity contribution in [3.8, 4) is 0 Å². The highest BCUT2D eigenvalue weighted by atomic mass is 35.5. The summed E-state index contributed by atoms with van der Waals surface area (Å²) in [6, 6.07) is 11.4. The highest BCUT2D eigenvalue weighted by molar-refractivity contribution is 7.10. The quantitative estimate of drug-likeness (QED) is 0.598. The second kappa shape index (κ2) is 9.33. The maximum Gasteiger partial charge on any atom is 0.239 e. The fraction of sp³-hybridized carbons (Fsp3) is 0.391. The molecule has 1 aliphatic rings. The van der Waals surface area contributed by atoms with Crippen LogP contribution in [-0.2, 0) is 23.2 Å². The van der Waals surface area contributed by atoms with Gasteiger partial charge in [0.2, 0.25) is 5.91 Å². The Morgan fingerprint density at radius 3 is 2.63 bits per heavy atom. The minimum atomic E-state index is -0.522. The number of aryl methyl sites for hydroxylation is 1. The number of likely N-dealkylation sites (tertiary alicyclic amines) is 1. The van der Waals surface area contributed by atoms with E-state index in [9.17, 15) is 4.79 Å². The maximum atomic E-state index is 13.0. The second-order valence-electron chi connectivity index (χ2n) is 8.07. The van der Waals surface area contributed by atoms with E-state index in [4.69, 9.17) is 17.3 Å². The van der Waals surface area contributed by atoms with E-state index in [1.54, 1.807) is 0 Å². The normalized spacial score (nSPS) is 17.1. The van der Waals surface area contributed by atoms with Gasteiger partial charge in [0, 0.05) is 47.3 Å². The van der Waals surface area contributed by atoms with Gasteiger partial charge in [0.15, 0.2) is 0 Å². The molecule has 0 saturated carbocycles. The number of amides is 1. The van der Waals surface area contributed by atoms with Gasteiger partial charge >= 0.3 is 0 Å². The zero-order chi connectivity index (χ0) is 21.0. The summed E-state index contributed by atoms with van der Waals surface area (Å²) in [5.74, 6) is 0.0411. The Bertz CT molecular complexity index is 932. The maximum absolute atomic E-state index is 13.0. The van der Waals surface area contributed by atoms with Crippen molar-refractivity contribution in [2.75, 3.05) is 13.1 Å². The first-order valence-corrected chi connectivity index (χ1v) is 11.6. The molecule has 1 aromatic carbocycles. The Morgan fingerprint density at radius 2 is 2.00 bits per heavy atom. The van der Waals surface area contributed by atoms with Gasteiger partial charge in [0.05, 0.1) is 12.4 Å². The summed E-state index contributed by atoms with van der Waals surface area (Å²) in [6.45, 7) is 2.42. The first-order valence-electron chi connectivity index (χ1n) is 10.3. The summed E-state index contributed by atoms with van der Waals surface area (Å²) in [5.41, 5.74) is 7.41. The van der Waals surface area contributed by atoms with Crippen molar-refractivity contribution in [3.05, 3.63) is 76.0 Å². The molecular weight excluding hydrogens is 416 g/mol. The van der Waals surface area contributed by atoms with Crippen LogP contribution in [0.1, 0.15) is 29.7 Å². The van der Waals surface area contributed by atoms with E-state index in [1.165, 1.54) is 4.88 Å². The van der Waals surface area contributed by atoms with E-state index in [2.05, 4.69) is 27.1 Å². The number of carbonyl (C=O) groups is 1. The molecule has 1 aliphatic heterocycles. The number of nitrogens with zero attached hydrogens (tertiary/aromatic N) is 3. The van der Waals surface area contributed by atoms with Gasteiger partial charge in [-0.2, -0.15) is 0 Å². The van der Waals surface area contributed by atoms with Crippen molar-refractivity contribution in [3.63, 3.8) is 0 Å². The third-order valence-corrected chi connectivity index (χ3v) is 7.54. The van der Waals surface area contributed by atoms with Gasteiger partial charge in [-0.25, -0.2) is 4.98 Å². The minimum absolute atomic E-state index is 0.0411. The van der Waals surface area contributed by atoms with Crippen LogP contribution in [0.25, 0.3) is 0 Å². The second-order valence-corrected chi connectivity index (χ2v) is 9.45. The van der Waals surface area contributed by atoms with Crippen LogP contribution in [0.15, 0.2) is 60.5 Å². The molecule has 4 rings (SSSR count). The Morgan fingerprint density at radius 1 is 1.23 bits per heavy atom. The summed E-state index contributed by atoms with van der Waals surface area (Å²) in [7, 11) is 0. The van der Waals surface area contributed by atoms with Crippen LogP contribution in [-0.4, -0.2) is 39.5 Å². The molecule has 2 N–H and O–H groups in total. The third kappa shape index (κ3) is 4.77. The molecule has 1 fully saturated rings. The zero-order valence-electron chi connectivity index (χ0n) is 16.9. The van der Waals surface area contributed by atoms with Gasteiger partial charge in [-0.3, -0.25) is 4.79 Å². The highest BCUT2D eigenvalue weighted by Gasteiger charge is 2.38. The number of hydrogen-bond acceptors (Lipinski definition) is 4. The molecule has 2 aromatic heterocycles. The van der Waals surface area contributed by atoms with Gasteiger partial charge in [-0.1, -0.05) is 29.8 Å². The number of nitrogens with two attached hydrogens (primary N) is 1. The number of benzene rings is 1. The standard InChI is InChI=1S/C23H27ClN4OS/c24-19-5-3-18(4-6-19)16-20(25)22(29)28-12-8-23(9-13-28,21-2-1-15-30-21)7-11-27-14-10-26-17-27/h1-6,10,14-15,17,20H,7-9,11-13,16,25H2. The lowest BCUT2D eigenvalue weighted by molar-refractivity contribution is -0.134. The van der Waals surface area contributed by atoms with Crippen molar-refractivity contribution in [2.24, 2.45) is 5.73 Å². The summed E-state index contributed by atoms with van der Waals surface area (Å²) in [4.78, 5) is 20.5. The predicted molar refractivity (Wildman–Crippen MR) is 122 cm³/mol. The van der Waals surface area contributed by atoms with Crippen LogP contribution in [0.3, 0.4) is 0 Å². The SMILES string of the molecule is NC(Cc1ccc(Cl)cc1)C(=O)N1CCC(CCn2ccnc2)(c2cccs2)CC1. The molecule has 1 unspecified atom stereocenters. The lowest BCUT2D eigenvalue weighted by Gasteiger charge is -2.42. The van der Waals surface area contributed by atoms with Gasteiger partial charge in [0.1, 0.15) is 0 Å². The fourth-order valence-electron chi connectivity index (χ4n) is 4.31. The fourth-order valence-corrected chi connectivity index (χ4v) is 5.46. The number of aromatic nitrogens is 2. The van der Waals surface area contributed by atoms with E-state index in [0.717, 1.165) is 44.5 Å². The Balaban J connectivity index is 1.39. The smallest absolute Gasteiger partial charge is 0.239 e.